The Morgan fingerprint density at radius 1 is 1.73 bits per heavy atom. The lowest BCUT2D eigenvalue weighted by Crippen LogP contribution is -2.54. The average Bonchev–Trinajstić information content (AvgIpc) is 2.62. The first-order valence-electron chi connectivity index (χ1n) is 5.14. The largest absolute Gasteiger partial charge is 0.481 e. The molecule has 4 nitrogen and oxygen atoms in total. The summed E-state index contributed by atoms with van der Waals surface area (Å²) in [6.07, 6.45) is 4.32. The molecule has 2 heterocycles. The van der Waals surface area contributed by atoms with Crippen molar-refractivity contribution in [1.29, 1.82) is 0 Å². The molecule has 1 aliphatic heterocycles. The van der Waals surface area contributed by atoms with E-state index in [9.17, 15) is 9.90 Å². The van der Waals surface area contributed by atoms with E-state index in [2.05, 4.69) is 4.98 Å². The van der Waals surface area contributed by atoms with Crippen LogP contribution in [0.1, 0.15) is 18.9 Å². The highest BCUT2D eigenvalue weighted by atomic mass is 16.5. The number of aromatic amines is 1. The fourth-order valence-electron chi connectivity index (χ4n) is 2.33. The number of carboxylic acid groups (broad SMARTS) is 1. The lowest BCUT2D eigenvalue weighted by molar-refractivity contribution is -0.157. The summed E-state index contributed by atoms with van der Waals surface area (Å²) in [5, 5.41) is 9.21. The zero-order valence-corrected chi connectivity index (χ0v) is 8.69. The SMILES string of the molecule is CCC(C(=O)O)C1(c2cc[nH]c2)COC1. The van der Waals surface area contributed by atoms with Crippen molar-refractivity contribution in [1.82, 2.24) is 4.98 Å². The maximum Gasteiger partial charge on any atom is 0.307 e. The van der Waals surface area contributed by atoms with Gasteiger partial charge in [-0.3, -0.25) is 4.79 Å². The second-order valence-corrected chi connectivity index (χ2v) is 4.05. The molecule has 0 spiro atoms. The van der Waals surface area contributed by atoms with Gasteiger partial charge in [0.2, 0.25) is 0 Å². The van der Waals surface area contributed by atoms with E-state index in [4.69, 9.17) is 4.74 Å². The van der Waals surface area contributed by atoms with Gasteiger partial charge in [-0.1, -0.05) is 6.92 Å². The smallest absolute Gasteiger partial charge is 0.307 e. The van der Waals surface area contributed by atoms with Crippen molar-refractivity contribution in [3.05, 3.63) is 24.0 Å². The fraction of sp³-hybridized carbons (Fsp3) is 0.545. The highest BCUT2D eigenvalue weighted by molar-refractivity contribution is 5.72. The second kappa shape index (κ2) is 3.70. The molecule has 2 N–H and O–H groups in total. The summed E-state index contributed by atoms with van der Waals surface area (Å²) >= 11 is 0. The highest BCUT2D eigenvalue weighted by Crippen LogP contribution is 2.41. The summed E-state index contributed by atoms with van der Waals surface area (Å²) in [6, 6.07) is 1.94. The van der Waals surface area contributed by atoms with E-state index in [-0.39, 0.29) is 11.3 Å². The van der Waals surface area contributed by atoms with E-state index in [1.165, 1.54) is 0 Å². The van der Waals surface area contributed by atoms with E-state index in [0.29, 0.717) is 19.6 Å². The first kappa shape index (κ1) is 10.2. The first-order valence-corrected chi connectivity index (χ1v) is 5.14. The van der Waals surface area contributed by atoms with Gasteiger partial charge < -0.3 is 14.8 Å². The van der Waals surface area contributed by atoms with Crippen molar-refractivity contribution in [2.45, 2.75) is 18.8 Å². The van der Waals surface area contributed by atoms with Gasteiger partial charge in [-0.05, 0) is 18.1 Å². The Labute approximate surface area is 88.3 Å². The molecule has 2 rings (SSSR count). The quantitative estimate of drug-likeness (QED) is 0.787. The maximum absolute atomic E-state index is 11.2. The summed E-state index contributed by atoms with van der Waals surface area (Å²) in [6.45, 7) is 2.93. The van der Waals surface area contributed by atoms with Gasteiger partial charge >= 0.3 is 5.97 Å². The van der Waals surface area contributed by atoms with Gasteiger partial charge in [-0.25, -0.2) is 0 Å². The number of aliphatic carboxylic acids is 1. The van der Waals surface area contributed by atoms with Crippen molar-refractivity contribution < 1.29 is 14.6 Å². The molecule has 0 amide bonds. The van der Waals surface area contributed by atoms with E-state index in [1.807, 2.05) is 25.4 Å². The zero-order chi connectivity index (χ0) is 10.9. The third-order valence-electron chi connectivity index (χ3n) is 3.27. The van der Waals surface area contributed by atoms with Crippen LogP contribution >= 0.6 is 0 Å². The molecule has 1 atom stereocenters. The fourth-order valence-corrected chi connectivity index (χ4v) is 2.33. The van der Waals surface area contributed by atoms with E-state index >= 15 is 0 Å². The van der Waals surface area contributed by atoms with Gasteiger partial charge in [0.25, 0.3) is 0 Å². The van der Waals surface area contributed by atoms with E-state index in [1.54, 1.807) is 0 Å². The predicted molar refractivity (Wildman–Crippen MR) is 54.7 cm³/mol. The van der Waals surface area contributed by atoms with E-state index in [0.717, 1.165) is 5.56 Å². The summed E-state index contributed by atoms with van der Waals surface area (Å²) in [5.74, 6) is -1.09. The number of hydrogen-bond donors (Lipinski definition) is 2. The predicted octanol–water partition coefficient (Wildman–Crippen LogP) is 1.39. The number of aromatic nitrogens is 1. The summed E-state index contributed by atoms with van der Waals surface area (Å²) in [5.41, 5.74) is 0.726. The van der Waals surface area contributed by atoms with Gasteiger partial charge in [-0.2, -0.15) is 0 Å². The molecule has 0 radical (unpaired) electrons. The molecule has 1 aromatic rings. The Hall–Kier alpha value is -1.29. The Morgan fingerprint density at radius 3 is 2.80 bits per heavy atom. The summed E-state index contributed by atoms with van der Waals surface area (Å²) in [4.78, 5) is 14.2. The minimum absolute atomic E-state index is 0.319. The van der Waals surface area contributed by atoms with Crippen LogP contribution < -0.4 is 0 Å². The molecule has 1 unspecified atom stereocenters. The molecular weight excluding hydrogens is 194 g/mol. The molecule has 1 aliphatic rings. The van der Waals surface area contributed by atoms with Crippen molar-refractivity contribution in [3.8, 4) is 0 Å². The summed E-state index contributed by atoms with van der Waals surface area (Å²) < 4.78 is 5.22. The van der Waals surface area contributed by atoms with Crippen LogP contribution in [0, 0.1) is 5.92 Å². The van der Waals surface area contributed by atoms with Crippen LogP contribution in [0.15, 0.2) is 18.5 Å². The first-order chi connectivity index (χ1) is 7.20. The van der Waals surface area contributed by atoms with Crippen LogP contribution in [0.4, 0.5) is 0 Å². The highest BCUT2D eigenvalue weighted by Gasteiger charge is 2.49. The van der Waals surface area contributed by atoms with Crippen LogP contribution in [0.25, 0.3) is 0 Å². The third-order valence-corrected chi connectivity index (χ3v) is 3.27. The molecule has 0 bridgehead atoms. The molecule has 1 saturated heterocycles. The van der Waals surface area contributed by atoms with Gasteiger partial charge in [-0.15, -0.1) is 0 Å². The Morgan fingerprint density at radius 2 is 2.47 bits per heavy atom. The average molecular weight is 209 g/mol. The van der Waals surface area contributed by atoms with Crippen molar-refractivity contribution >= 4 is 5.97 Å². The number of carboxylic acids is 1. The van der Waals surface area contributed by atoms with Crippen LogP contribution in [-0.4, -0.2) is 29.3 Å². The number of H-pyrrole nitrogens is 1. The van der Waals surface area contributed by atoms with Gasteiger partial charge in [0.15, 0.2) is 0 Å². The molecular formula is C11H15NO3. The van der Waals surface area contributed by atoms with Crippen molar-refractivity contribution in [3.63, 3.8) is 0 Å². The van der Waals surface area contributed by atoms with Crippen LogP contribution in [-0.2, 0) is 14.9 Å². The van der Waals surface area contributed by atoms with Crippen molar-refractivity contribution in [2.24, 2.45) is 5.92 Å². The molecule has 1 aromatic heterocycles. The zero-order valence-electron chi connectivity index (χ0n) is 8.69. The lowest BCUT2D eigenvalue weighted by Gasteiger charge is -2.45. The minimum atomic E-state index is -0.734. The van der Waals surface area contributed by atoms with Crippen LogP contribution in [0.2, 0.25) is 0 Å². The molecule has 1 fully saturated rings. The normalized spacial score (nSPS) is 20.6. The molecule has 0 saturated carbocycles. The minimum Gasteiger partial charge on any atom is -0.481 e. The van der Waals surface area contributed by atoms with Gasteiger partial charge in [0, 0.05) is 12.4 Å². The molecule has 4 heteroatoms. The topological polar surface area (TPSA) is 62.3 Å². The molecule has 0 aromatic carbocycles. The molecule has 0 aliphatic carbocycles. The number of hydrogen-bond acceptors (Lipinski definition) is 2. The van der Waals surface area contributed by atoms with Crippen molar-refractivity contribution in [2.75, 3.05) is 13.2 Å². The number of carbonyl (C=O) groups is 1. The monoisotopic (exact) mass is 209 g/mol. The standard InChI is InChI=1S/C11H15NO3/c1-2-9(10(13)14)11(6-15-7-11)8-3-4-12-5-8/h3-5,9,12H,2,6-7H2,1H3,(H,13,14). The second-order valence-electron chi connectivity index (χ2n) is 4.05. The van der Waals surface area contributed by atoms with Crippen LogP contribution in [0.5, 0.6) is 0 Å². The maximum atomic E-state index is 11.2. The van der Waals surface area contributed by atoms with Crippen LogP contribution in [0.3, 0.4) is 0 Å². The summed E-state index contributed by atoms with van der Waals surface area (Å²) in [7, 11) is 0. The van der Waals surface area contributed by atoms with Gasteiger partial charge in [0.1, 0.15) is 0 Å². The number of ether oxygens (including phenoxy) is 1. The molecule has 82 valence electrons. The Kier molecular flexibility index (Phi) is 2.52. The third kappa shape index (κ3) is 1.45. The van der Waals surface area contributed by atoms with Gasteiger partial charge in [0.05, 0.1) is 24.5 Å². The number of rotatable bonds is 4. The molecule has 15 heavy (non-hydrogen) atoms. The lowest BCUT2D eigenvalue weighted by atomic mass is 9.68. The Balaban J connectivity index is 2.32. The number of nitrogens with one attached hydrogen (secondary N) is 1. The van der Waals surface area contributed by atoms with E-state index < -0.39 is 5.97 Å². The Bertz CT molecular complexity index is 341.